The smallest absolute Gasteiger partial charge is 1.00 e. The van der Waals surface area contributed by atoms with Gasteiger partial charge in [0, 0.05) is 0 Å². The van der Waals surface area contributed by atoms with E-state index in [2.05, 4.69) is 49.4 Å². The van der Waals surface area contributed by atoms with Crippen LogP contribution in [0.4, 0.5) is 0 Å². The van der Waals surface area contributed by atoms with E-state index in [1.54, 1.807) is 11.1 Å². The van der Waals surface area contributed by atoms with Gasteiger partial charge in [0.05, 0.1) is 0 Å². The second-order valence-electron chi connectivity index (χ2n) is 6.15. The summed E-state index contributed by atoms with van der Waals surface area (Å²) in [5.41, 5.74) is 4.80. The standard InChI is InChI=1S/C10H14P.C9H7.2FH.Ti/c1-2-3-7-11-8-9-5-4-6-10(9)11;1-2-5-9-7-3-6-8(9)4-1;;;/h5H,2-4,7-8H2,1H3;1-7H;2*1H;/q;;;;+2/p-2. The van der Waals surface area contributed by atoms with Gasteiger partial charge in [0.15, 0.2) is 0 Å². The van der Waals surface area contributed by atoms with E-state index in [4.69, 9.17) is 0 Å². The zero-order chi connectivity index (χ0) is 14.2. The molecule has 0 N–H and O–H groups in total. The van der Waals surface area contributed by atoms with Crippen LogP contribution in [0.5, 0.6) is 0 Å². The summed E-state index contributed by atoms with van der Waals surface area (Å²) in [6.07, 6.45) is 14.4. The number of rotatable bonds is 5. The van der Waals surface area contributed by atoms with Crippen molar-refractivity contribution < 1.29 is 28.6 Å². The third-order valence-electron chi connectivity index (χ3n) is 4.73. The van der Waals surface area contributed by atoms with E-state index in [9.17, 15) is 0 Å². The zero-order valence-electron chi connectivity index (χ0n) is 13.4. The molecule has 4 heteroatoms. The Labute approximate surface area is 147 Å². The van der Waals surface area contributed by atoms with Gasteiger partial charge in [0.25, 0.3) is 0 Å². The van der Waals surface area contributed by atoms with Gasteiger partial charge in [-0.05, 0) is 0 Å². The summed E-state index contributed by atoms with van der Waals surface area (Å²) in [5.74, 6) is 0. The molecule has 3 aliphatic rings. The summed E-state index contributed by atoms with van der Waals surface area (Å²) in [7, 11) is 0.248. The molecular formula is C19H21F2PTi. The largest absolute Gasteiger partial charge is 1.00 e. The zero-order valence-corrected chi connectivity index (χ0v) is 15.8. The quantitative estimate of drug-likeness (QED) is 0.495. The van der Waals surface area contributed by atoms with Gasteiger partial charge in [-0.3, -0.25) is 0 Å². The van der Waals surface area contributed by atoms with Crippen LogP contribution in [0.2, 0.25) is 0 Å². The Morgan fingerprint density at radius 1 is 1.22 bits per heavy atom. The Morgan fingerprint density at radius 2 is 2.04 bits per heavy atom. The van der Waals surface area contributed by atoms with Gasteiger partial charge >= 0.3 is 138 Å². The van der Waals surface area contributed by atoms with Gasteiger partial charge in [0.2, 0.25) is 0 Å². The van der Waals surface area contributed by atoms with Crippen LogP contribution in [0, 0.1) is 0 Å². The molecule has 4 rings (SSSR count). The van der Waals surface area contributed by atoms with Crippen LogP contribution in [0.15, 0.2) is 51.2 Å². The number of unbranched alkanes of at least 4 members (excludes halogenated alkanes) is 1. The van der Waals surface area contributed by atoms with Gasteiger partial charge in [-0.1, -0.05) is 0 Å². The third kappa shape index (κ3) is 3.45. The summed E-state index contributed by atoms with van der Waals surface area (Å²) in [6.45, 7) is 2.32. The molecular weight excluding hydrogens is 345 g/mol. The second kappa shape index (κ2) is 8.01. The van der Waals surface area contributed by atoms with E-state index in [0.717, 1.165) is 4.22 Å². The van der Waals surface area contributed by atoms with Crippen molar-refractivity contribution in [3.05, 3.63) is 62.3 Å². The number of halogens is 2. The molecule has 1 fully saturated rings. The van der Waals surface area contributed by atoms with Crippen molar-refractivity contribution in [3.63, 3.8) is 0 Å². The molecule has 1 aromatic rings. The van der Waals surface area contributed by atoms with Crippen molar-refractivity contribution in [3.8, 4) is 0 Å². The van der Waals surface area contributed by atoms with Gasteiger partial charge in [0.1, 0.15) is 0 Å². The molecule has 2 atom stereocenters. The average molecular weight is 366 g/mol. The van der Waals surface area contributed by atoms with Gasteiger partial charge in [-0.25, -0.2) is 0 Å². The second-order valence-corrected chi connectivity index (χ2v) is 10.8. The number of benzene rings is 1. The molecule has 23 heavy (non-hydrogen) atoms. The summed E-state index contributed by atoms with van der Waals surface area (Å²) in [5, 5.41) is 1.89. The van der Waals surface area contributed by atoms with Crippen LogP contribution in [-0.2, 0) is 19.2 Å². The molecule has 1 aromatic carbocycles. The SMILES string of the molecule is CCCCP1CC2=CC[C]([Ti+2][CH]3C=Cc4ccccc43)=C21.[F-].[F-]. The van der Waals surface area contributed by atoms with Crippen molar-refractivity contribution in [2.24, 2.45) is 0 Å². The van der Waals surface area contributed by atoms with Gasteiger partial charge < -0.3 is 9.41 Å². The number of hydrogen-bond donors (Lipinski definition) is 0. The van der Waals surface area contributed by atoms with Crippen molar-refractivity contribution >= 4 is 14.0 Å². The summed E-state index contributed by atoms with van der Waals surface area (Å²) in [4.78, 5) is 0. The van der Waals surface area contributed by atoms with Crippen LogP contribution >= 0.6 is 7.92 Å². The van der Waals surface area contributed by atoms with E-state index < -0.39 is 0 Å². The minimum atomic E-state index is -0.0278. The van der Waals surface area contributed by atoms with Gasteiger partial charge in [-0.2, -0.15) is 0 Å². The molecule has 1 saturated heterocycles. The molecule has 0 radical (unpaired) electrons. The molecule has 2 aliphatic carbocycles. The summed E-state index contributed by atoms with van der Waals surface area (Å²) >= 11 is -0.0278. The molecule has 1 heterocycles. The normalized spacial score (nSPS) is 23.1. The fraction of sp³-hybridized carbons (Fsp3) is 0.368. The van der Waals surface area contributed by atoms with Crippen LogP contribution in [-0.4, -0.2) is 12.3 Å². The Hall–Kier alpha value is -0.556. The van der Waals surface area contributed by atoms with E-state index in [0.29, 0.717) is 0 Å². The average Bonchev–Trinajstić information content (AvgIpc) is 3.02. The molecule has 1 aliphatic heterocycles. The Bertz CT molecular complexity index is 663. The fourth-order valence-electron chi connectivity index (χ4n) is 3.57. The van der Waals surface area contributed by atoms with Gasteiger partial charge in [-0.15, -0.1) is 0 Å². The van der Waals surface area contributed by atoms with Crippen LogP contribution in [0.1, 0.15) is 41.5 Å². The molecule has 0 bridgehead atoms. The molecule has 0 aromatic heterocycles. The number of allylic oxidation sites excluding steroid dienone is 5. The number of hydrogen-bond acceptors (Lipinski definition) is 0. The van der Waals surface area contributed by atoms with Crippen LogP contribution in [0.3, 0.4) is 0 Å². The van der Waals surface area contributed by atoms with E-state index >= 15 is 0 Å². The fourth-order valence-corrected chi connectivity index (χ4v) is 9.64. The van der Waals surface area contributed by atoms with E-state index in [-0.39, 0.29) is 36.5 Å². The Kier molecular flexibility index (Phi) is 6.54. The third-order valence-corrected chi connectivity index (χ3v) is 10.4. The molecule has 0 nitrogen and oxygen atoms in total. The van der Waals surface area contributed by atoms with Crippen molar-refractivity contribution in [2.45, 2.75) is 30.4 Å². The topological polar surface area (TPSA) is 0 Å². The van der Waals surface area contributed by atoms with Crippen LogP contribution < -0.4 is 9.41 Å². The molecule has 120 valence electrons. The maximum atomic E-state index is 2.55. The maximum Gasteiger partial charge on any atom is -1.00 e. The summed E-state index contributed by atoms with van der Waals surface area (Å²) < 4.78 is 2.64. The first-order chi connectivity index (χ1) is 10.4. The summed E-state index contributed by atoms with van der Waals surface area (Å²) in [6, 6.07) is 8.99. The first-order valence-electron chi connectivity index (χ1n) is 8.08. The van der Waals surface area contributed by atoms with E-state index in [1.807, 2.05) is 9.19 Å². The first-order valence-corrected chi connectivity index (χ1v) is 11.5. The van der Waals surface area contributed by atoms with Crippen molar-refractivity contribution in [2.75, 3.05) is 12.3 Å². The minimum Gasteiger partial charge on any atom is -1.00 e. The Balaban J connectivity index is 0.000000960. The molecule has 0 spiro atoms. The van der Waals surface area contributed by atoms with Crippen molar-refractivity contribution in [1.29, 1.82) is 0 Å². The molecule has 0 saturated carbocycles. The monoisotopic (exact) mass is 366 g/mol. The Morgan fingerprint density at radius 3 is 2.87 bits per heavy atom. The minimum absolute atomic E-state index is 0. The molecule has 0 amide bonds. The van der Waals surface area contributed by atoms with E-state index in [1.165, 1.54) is 37.1 Å². The predicted octanol–water partition coefficient (Wildman–Crippen LogP) is -0.318. The van der Waals surface area contributed by atoms with Crippen molar-refractivity contribution in [1.82, 2.24) is 0 Å². The van der Waals surface area contributed by atoms with Crippen LogP contribution in [0.25, 0.3) is 6.08 Å². The maximum absolute atomic E-state index is 2.55. The molecule has 2 unspecified atom stereocenters. The number of fused-ring (bicyclic) bond motifs is 2. The predicted molar refractivity (Wildman–Crippen MR) is 89.5 cm³/mol. The first kappa shape index (κ1) is 18.8.